The van der Waals surface area contributed by atoms with Gasteiger partial charge in [-0.2, -0.15) is 13.2 Å². The van der Waals surface area contributed by atoms with E-state index in [4.69, 9.17) is 0 Å². The molecule has 0 spiro atoms. The molecule has 1 N–H and O–H groups in total. The molecule has 6 heteroatoms. The lowest BCUT2D eigenvalue weighted by Crippen LogP contribution is -2.47. The molecule has 3 nitrogen and oxygen atoms in total. The molecule has 0 unspecified atom stereocenters. The zero-order chi connectivity index (χ0) is 17.0. The normalized spacial score (nSPS) is 17.4. The molecule has 1 aliphatic heterocycles. The Hall–Kier alpha value is -1.98. The van der Waals surface area contributed by atoms with E-state index >= 15 is 0 Å². The molecule has 2 heterocycles. The van der Waals surface area contributed by atoms with Crippen molar-refractivity contribution in [1.82, 2.24) is 4.98 Å². The molecule has 124 valence electrons. The van der Waals surface area contributed by atoms with Crippen LogP contribution in [-0.2, 0) is 12.6 Å². The highest BCUT2D eigenvalue weighted by Crippen LogP contribution is 2.43. The molecule has 23 heavy (non-hydrogen) atoms. The van der Waals surface area contributed by atoms with Crippen molar-refractivity contribution in [3.05, 3.63) is 39.7 Å². The van der Waals surface area contributed by atoms with Crippen molar-refractivity contribution in [3.63, 3.8) is 0 Å². The standard InChI is InChI=1S/C17H19F3N2O/c1-4-22-13-6-5-12-15(10(13)7-8-16(22,2)3)11(17(18,19)20)9-14(23)21-12/h5-6,9H,4,7-8H2,1-3H3,(H,21,23). The predicted octanol–water partition coefficient (Wildman–Crippen LogP) is 4.10. The number of aryl methyl sites for hydroxylation is 1. The Labute approximate surface area is 132 Å². The van der Waals surface area contributed by atoms with Crippen LogP contribution in [0.15, 0.2) is 23.0 Å². The van der Waals surface area contributed by atoms with Gasteiger partial charge in [-0.25, -0.2) is 0 Å². The number of fused-ring (bicyclic) bond motifs is 3. The zero-order valence-corrected chi connectivity index (χ0v) is 13.3. The predicted molar refractivity (Wildman–Crippen MR) is 85.0 cm³/mol. The van der Waals surface area contributed by atoms with Gasteiger partial charge in [0.05, 0.1) is 5.56 Å². The maximum Gasteiger partial charge on any atom is 0.417 e. The minimum atomic E-state index is -4.55. The number of nitrogens with one attached hydrogen (secondary N) is 1. The summed E-state index contributed by atoms with van der Waals surface area (Å²) in [4.78, 5) is 16.2. The van der Waals surface area contributed by atoms with E-state index in [1.54, 1.807) is 6.07 Å². The number of hydrogen-bond acceptors (Lipinski definition) is 2. The smallest absolute Gasteiger partial charge is 0.366 e. The molecule has 0 saturated carbocycles. The fourth-order valence-corrected chi connectivity index (χ4v) is 3.64. The molecule has 0 fully saturated rings. The molecular weight excluding hydrogens is 305 g/mol. The van der Waals surface area contributed by atoms with Gasteiger partial charge in [0.25, 0.3) is 0 Å². The number of aromatic amines is 1. The van der Waals surface area contributed by atoms with Gasteiger partial charge < -0.3 is 9.88 Å². The summed E-state index contributed by atoms with van der Waals surface area (Å²) in [6.07, 6.45) is -3.22. The van der Waals surface area contributed by atoms with Crippen molar-refractivity contribution in [2.75, 3.05) is 11.4 Å². The highest BCUT2D eigenvalue weighted by Gasteiger charge is 2.37. The number of pyridine rings is 1. The van der Waals surface area contributed by atoms with Crippen LogP contribution in [-0.4, -0.2) is 17.1 Å². The third-order valence-corrected chi connectivity index (χ3v) is 4.72. The number of rotatable bonds is 1. The second kappa shape index (κ2) is 5.01. The number of alkyl halides is 3. The van der Waals surface area contributed by atoms with E-state index in [9.17, 15) is 18.0 Å². The van der Waals surface area contributed by atoms with Crippen molar-refractivity contribution in [1.29, 1.82) is 0 Å². The largest absolute Gasteiger partial charge is 0.417 e. The SMILES string of the molecule is CCN1c2ccc3[nH]c(=O)cc(C(F)(F)F)c3c2CCC1(C)C. The van der Waals surface area contributed by atoms with E-state index in [1.807, 2.05) is 13.0 Å². The Kier molecular flexibility index (Phi) is 3.46. The number of hydrogen-bond donors (Lipinski definition) is 1. The minimum Gasteiger partial charge on any atom is -0.366 e. The molecule has 0 saturated heterocycles. The first-order chi connectivity index (χ1) is 10.6. The van der Waals surface area contributed by atoms with Crippen molar-refractivity contribution in [3.8, 4) is 0 Å². The van der Waals surface area contributed by atoms with Gasteiger partial charge in [0, 0.05) is 34.7 Å². The maximum absolute atomic E-state index is 13.4. The first-order valence-electron chi connectivity index (χ1n) is 7.69. The van der Waals surface area contributed by atoms with Crippen LogP contribution in [0.25, 0.3) is 10.9 Å². The molecule has 1 aromatic heterocycles. The van der Waals surface area contributed by atoms with Crippen LogP contribution >= 0.6 is 0 Å². The lowest BCUT2D eigenvalue weighted by Gasteiger charge is -2.45. The van der Waals surface area contributed by atoms with Crippen LogP contribution in [0.2, 0.25) is 0 Å². The fourth-order valence-electron chi connectivity index (χ4n) is 3.64. The van der Waals surface area contributed by atoms with E-state index in [-0.39, 0.29) is 16.4 Å². The molecular formula is C17H19F3N2O. The maximum atomic E-state index is 13.4. The van der Waals surface area contributed by atoms with E-state index in [0.29, 0.717) is 18.1 Å². The van der Waals surface area contributed by atoms with Gasteiger partial charge in [-0.15, -0.1) is 0 Å². The van der Waals surface area contributed by atoms with Gasteiger partial charge in [-0.05, 0) is 51.3 Å². The lowest BCUT2D eigenvalue weighted by atomic mass is 9.84. The Morgan fingerprint density at radius 2 is 2.00 bits per heavy atom. The summed E-state index contributed by atoms with van der Waals surface area (Å²) >= 11 is 0. The number of anilines is 1. The molecule has 0 atom stereocenters. The topological polar surface area (TPSA) is 36.1 Å². The molecule has 1 aromatic carbocycles. The fraction of sp³-hybridized carbons (Fsp3) is 0.471. The summed E-state index contributed by atoms with van der Waals surface area (Å²) < 4.78 is 40.3. The average molecular weight is 324 g/mol. The van der Waals surface area contributed by atoms with Gasteiger partial charge in [0.2, 0.25) is 5.56 Å². The molecule has 0 bridgehead atoms. The van der Waals surface area contributed by atoms with Crippen LogP contribution in [0, 0.1) is 0 Å². The van der Waals surface area contributed by atoms with E-state index < -0.39 is 17.3 Å². The van der Waals surface area contributed by atoms with Crippen molar-refractivity contribution < 1.29 is 13.2 Å². The van der Waals surface area contributed by atoms with Gasteiger partial charge in [-0.1, -0.05) is 0 Å². The van der Waals surface area contributed by atoms with Crippen LogP contribution in [0.4, 0.5) is 18.9 Å². The van der Waals surface area contributed by atoms with Crippen molar-refractivity contribution in [2.24, 2.45) is 0 Å². The molecule has 3 rings (SSSR count). The first kappa shape index (κ1) is 15.9. The summed E-state index contributed by atoms with van der Waals surface area (Å²) in [5, 5.41) is 0.128. The number of benzene rings is 1. The summed E-state index contributed by atoms with van der Waals surface area (Å²) in [6.45, 7) is 6.91. The quantitative estimate of drug-likeness (QED) is 0.857. The average Bonchev–Trinajstić information content (AvgIpc) is 2.44. The first-order valence-corrected chi connectivity index (χ1v) is 7.69. The third kappa shape index (κ3) is 2.50. The van der Waals surface area contributed by atoms with E-state index in [2.05, 4.69) is 23.7 Å². The highest BCUT2D eigenvalue weighted by atomic mass is 19.4. The molecule has 2 aromatic rings. The summed E-state index contributed by atoms with van der Waals surface area (Å²) in [6, 6.07) is 4.06. The van der Waals surface area contributed by atoms with Gasteiger partial charge in [0.15, 0.2) is 0 Å². The van der Waals surface area contributed by atoms with Gasteiger partial charge >= 0.3 is 6.18 Å². The zero-order valence-electron chi connectivity index (χ0n) is 13.3. The summed E-state index contributed by atoms with van der Waals surface area (Å²) in [7, 11) is 0. The summed E-state index contributed by atoms with van der Waals surface area (Å²) in [5.74, 6) is 0. The van der Waals surface area contributed by atoms with Crippen LogP contribution < -0.4 is 10.5 Å². The lowest BCUT2D eigenvalue weighted by molar-refractivity contribution is -0.136. The molecule has 0 amide bonds. The van der Waals surface area contributed by atoms with Crippen LogP contribution in [0.5, 0.6) is 0 Å². The van der Waals surface area contributed by atoms with Crippen LogP contribution in [0.1, 0.15) is 38.3 Å². The third-order valence-electron chi connectivity index (χ3n) is 4.72. The number of halogens is 3. The minimum absolute atomic E-state index is 0.101. The summed E-state index contributed by atoms with van der Waals surface area (Å²) in [5.41, 5.74) is 0.0771. The van der Waals surface area contributed by atoms with E-state index in [1.165, 1.54) is 0 Å². The Bertz CT molecular complexity index is 821. The van der Waals surface area contributed by atoms with Crippen LogP contribution in [0.3, 0.4) is 0 Å². The number of nitrogens with zero attached hydrogens (tertiary/aromatic N) is 1. The van der Waals surface area contributed by atoms with Crippen molar-refractivity contribution >= 4 is 16.6 Å². The Morgan fingerprint density at radius 1 is 1.30 bits per heavy atom. The second-order valence-electron chi connectivity index (χ2n) is 6.59. The Balaban J connectivity index is 2.39. The molecule has 0 aliphatic carbocycles. The van der Waals surface area contributed by atoms with E-state index in [0.717, 1.165) is 18.7 Å². The monoisotopic (exact) mass is 324 g/mol. The highest BCUT2D eigenvalue weighted by molar-refractivity contribution is 5.91. The molecule has 1 aliphatic rings. The number of aromatic nitrogens is 1. The van der Waals surface area contributed by atoms with Crippen molar-refractivity contribution in [2.45, 2.75) is 45.3 Å². The number of H-pyrrole nitrogens is 1. The second-order valence-corrected chi connectivity index (χ2v) is 6.59. The molecule has 0 radical (unpaired) electrons. The van der Waals surface area contributed by atoms with Gasteiger partial charge in [0.1, 0.15) is 0 Å². The Morgan fingerprint density at radius 3 is 2.61 bits per heavy atom. The van der Waals surface area contributed by atoms with Gasteiger partial charge in [-0.3, -0.25) is 4.79 Å².